The zero-order valence-electron chi connectivity index (χ0n) is 15.4. The van der Waals surface area contributed by atoms with Gasteiger partial charge in [0.05, 0.1) is 12.8 Å². The average Bonchev–Trinajstić information content (AvgIpc) is 3.08. The third kappa shape index (κ3) is 4.92. The van der Waals surface area contributed by atoms with Crippen LogP contribution >= 0.6 is 0 Å². The fraction of sp³-hybridized carbons (Fsp3) is 0.158. The lowest BCUT2D eigenvalue weighted by atomic mass is 10.2. The number of aromatic nitrogens is 3. The number of ether oxygens (including phenoxy) is 1. The predicted molar refractivity (Wildman–Crippen MR) is 101 cm³/mol. The molecule has 8 nitrogen and oxygen atoms in total. The van der Waals surface area contributed by atoms with Crippen molar-refractivity contribution >= 4 is 12.1 Å². The number of hydrogen-bond donors (Lipinski definition) is 2. The Morgan fingerprint density at radius 3 is 2.76 bits per heavy atom. The minimum Gasteiger partial charge on any atom is -0.494 e. The second-order valence-electron chi connectivity index (χ2n) is 5.84. The van der Waals surface area contributed by atoms with Crippen LogP contribution in [0.3, 0.4) is 0 Å². The van der Waals surface area contributed by atoms with E-state index in [2.05, 4.69) is 20.7 Å². The molecule has 1 amide bonds. The van der Waals surface area contributed by atoms with Gasteiger partial charge in [-0.3, -0.25) is 9.59 Å². The van der Waals surface area contributed by atoms with Gasteiger partial charge < -0.3 is 10.1 Å². The SMILES string of the molecule is CCOc1ccc(C=Nn2[nH]nc(C(=O)NCc3cc(F)ccc3F)c2=O)cc1. The van der Waals surface area contributed by atoms with Crippen LogP contribution in [0, 0.1) is 11.6 Å². The summed E-state index contributed by atoms with van der Waals surface area (Å²) in [5.74, 6) is -1.45. The number of halogens is 2. The molecule has 0 unspecified atom stereocenters. The first-order chi connectivity index (χ1) is 14.0. The zero-order valence-corrected chi connectivity index (χ0v) is 15.4. The van der Waals surface area contributed by atoms with E-state index in [0.717, 1.165) is 23.0 Å². The standard InChI is InChI=1S/C19H17F2N5O3/c1-2-29-15-6-3-12(4-7-15)10-23-26-19(28)17(24-25-26)18(27)22-11-13-9-14(20)5-8-16(13)21/h3-10,25H,2,11H2,1H3,(H,22,27). The molecule has 1 heterocycles. The molecule has 2 N–H and O–H groups in total. The Morgan fingerprint density at radius 1 is 1.28 bits per heavy atom. The first-order valence-corrected chi connectivity index (χ1v) is 8.64. The lowest BCUT2D eigenvalue weighted by Gasteiger charge is -2.04. The Morgan fingerprint density at radius 2 is 2.03 bits per heavy atom. The van der Waals surface area contributed by atoms with E-state index in [4.69, 9.17) is 4.74 Å². The van der Waals surface area contributed by atoms with Gasteiger partial charge in [0.2, 0.25) is 5.69 Å². The van der Waals surface area contributed by atoms with Crippen molar-refractivity contribution in [3.05, 3.63) is 81.3 Å². The van der Waals surface area contributed by atoms with E-state index < -0.39 is 28.8 Å². The van der Waals surface area contributed by atoms with Crippen LogP contribution in [0.2, 0.25) is 0 Å². The number of amides is 1. The maximum Gasteiger partial charge on any atom is 0.320 e. The third-order valence-corrected chi connectivity index (χ3v) is 3.83. The lowest BCUT2D eigenvalue weighted by Crippen LogP contribution is -2.29. The molecule has 0 bridgehead atoms. The van der Waals surface area contributed by atoms with E-state index in [1.807, 2.05) is 6.92 Å². The molecule has 0 spiro atoms. The number of rotatable bonds is 7. The molecule has 0 saturated carbocycles. The summed E-state index contributed by atoms with van der Waals surface area (Å²) in [4.78, 5) is 25.2. The minimum absolute atomic E-state index is 0.0530. The average molecular weight is 401 g/mol. The highest BCUT2D eigenvalue weighted by molar-refractivity contribution is 5.91. The van der Waals surface area contributed by atoms with Gasteiger partial charge in [-0.25, -0.2) is 8.78 Å². The monoisotopic (exact) mass is 401 g/mol. The molecule has 0 aliphatic rings. The normalized spacial score (nSPS) is 11.0. The quantitative estimate of drug-likeness (QED) is 0.592. The van der Waals surface area contributed by atoms with Gasteiger partial charge in [-0.2, -0.15) is 10.3 Å². The molecule has 0 atom stereocenters. The van der Waals surface area contributed by atoms with Crippen molar-refractivity contribution < 1.29 is 18.3 Å². The molecule has 3 rings (SSSR count). The van der Waals surface area contributed by atoms with Crippen LogP contribution in [0.1, 0.15) is 28.5 Å². The molecular formula is C19H17F2N5O3. The van der Waals surface area contributed by atoms with E-state index >= 15 is 0 Å². The van der Waals surface area contributed by atoms with Gasteiger partial charge in [0.1, 0.15) is 17.4 Å². The van der Waals surface area contributed by atoms with Crippen LogP contribution in [0.4, 0.5) is 8.78 Å². The fourth-order valence-corrected chi connectivity index (χ4v) is 2.40. The molecule has 10 heteroatoms. The molecule has 0 fully saturated rings. The Hall–Kier alpha value is -3.82. The van der Waals surface area contributed by atoms with Crippen molar-refractivity contribution in [3.8, 4) is 5.75 Å². The van der Waals surface area contributed by atoms with Crippen molar-refractivity contribution in [2.24, 2.45) is 5.10 Å². The van der Waals surface area contributed by atoms with Crippen molar-refractivity contribution in [1.29, 1.82) is 0 Å². The van der Waals surface area contributed by atoms with Gasteiger partial charge in [0, 0.05) is 12.1 Å². The molecule has 0 saturated heterocycles. The van der Waals surface area contributed by atoms with Crippen LogP contribution < -0.4 is 15.6 Å². The molecule has 2 aromatic carbocycles. The summed E-state index contributed by atoms with van der Waals surface area (Å²) in [6, 6.07) is 9.88. The summed E-state index contributed by atoms with van der Waals surface area (Å²) in [5.41, 5.74) is -0.597. The number of aromatic amines is 1. The van der Waals surface area contributed by atoms with Crippen molar-refractivity contribution in [2.45, 2.75) is 13.5 Å². The number of benzene rings is 2. The number of nitrogens with zero attached hydrogens (tertiary/aromatic N) is 3. The first-order valence-electron chi connectivity index (χ1n) is 8.64. The molecule has 0 radical (unpaired) electrons. The second-order valence-corrected chi connectivity index (χ2v) is 5.84. The fourth-order valence-electron chi connectivity index (χ4n) is 2.40. The molecular weight excluding hydrogens is 384 g/mol. The molecule has 29 heavy (non-hydrogen) atoms. The van der Waals surface area contributed by atoms with Crippen LogP contribution in [-0.4, -0.2) is 33.8 Å². The largest absolute Gasteiger partial charge is 0.494 e. The third-order valence-electron chi connectivity index (χ3n) is 3.83. The molecule has 0 aliphatic carbocycles. The van der Waals surface area contributed by atoms with E-state index in [9.17, 15) is 18.4 Å². The predicted octanol–water partition coefficient (Wildman–Crippen LogP) is 2.06. The maximum absolute atomic E-state index is 13.6. The highest BCUT2D eigenvalue weighted by Gasteiger charge is 2.17. The number of carbonyl (C=O) groups is 1. The number of carbonyl (C=O) groups excluding carboxylic acids is 1. The summed E-state index contributed by atoms with van der Waals surface area (Å²) in [6.45, 7) is 2.13. The van der Waals surface area contributed by atoms with E-state index in [0.29, 0.717) is 17.9 Å². The van der Waals surface area contributed by atoms with Gasteiger partial charge >= 0.3 is 5.56 Å². The van der Waals surface area contributed by atoms with Crippen molar-refractivity contribution in [2.75, 3.05) is 6.61 Å². The van der Waals surface area contributed by atoms with Crippen molar-refractivity contribution in [1.82, 2.24) is 20.4 Å². The van der Waals surface area contributed by atoms with Gasteiger partial charge in [0.15, 0.2) is 0 Å². The maximum atomic E-state index is 13.6. The first kappa shape index (κ1) is 19.9. The van der Waals surface area contributed by atoms with Gasteiger partial charge in [-0.05, 0) is 55.0 Å². The highest BCUT2D eigenvalue weighted by atomic mass is 19.1. The second kappa shape index (κ2) is 8.91. The van der Waals surface area contributed by atoms with E-state index in [1.54, 1.807) is 24.3 Å². The van der Waals surface area contributed by atoms with Crippen LogP contribution in [0.5, 0.6) is 5.75 Å². The highest BCUT2D eigenvalue weighted by Crippen LogP contribution is 2.11. The smallest absolute Gasteiger partial charge is 0.320 e. The Bertz CT molecular complexity index is 1090. The molecule has 150 valence electrons. The Kier molecular flexibility index (Phi) is 6.12. The zero-order chi connectivity index (χ0) is 20.8. The molecule has 3 aromatic rings. The summed E-state index contributed by atoms with van der Waals surface area (Å²) in [7, 11) is 0. The molecule has 0 aliphatic heterocycles. The van der Waals surface area contributed by atoms with Gasteiger partial charge in [-0.1, -0.05) is 0 Å². The molecule has 1 aromatic heterocycles. The number of H-pyrrole nitrogens is 1. The van der Waals surface area contributed by atoms with Gasteiger partial charge in [0.25, 0.3) is 5.91 Å². The number of hydrogen-bond acceptors (Lipinski definition) is 5. The van der Waals surface area contributed by atoms with Gasteiger partial charge in [-0.15, -0.1) is 9.89 Å². The van der Waals surface area contributed by atoms with E-state index in [-0.39, 0.29) is 12.1 Å². The summed E-state index contributed by atoms with van der Waals surface area (Å²) >= 11 is 0. The lowest BCUT2D eigenvalue weighted by molar-refractivity contribution is 0.0944. The Balaban J connectivity index is 1.67. The van der Waals surface area contributed by atoms with Crippen LogP contribution in [0.15, 0.2) is 52.4 Å². The number of nitrogens with one attached hydrogen (secondary N) is 2. The minimum atomic E-state index is -0.843. The Labute approximate surface area is 163 Å². The van der Waals surface area contributed by atoms with E-state index in [1.165, 1.54) is 6.21 Å². The topological polar surface area (TPSA) is 101 Å². The van der Waals surface area contributed by atoms with Crippen LogP contribution in [-0.2, 0) is 6.54 Å². The van der Waals surface area contributed by atoms with Crippen LogP contribution in [0.25, 0.3) is 0 Å². The summed E-state index contributed by atoms with van der Waals surface area (Å²) < 4.78 is 32.1. The summed E-state index contributed by atoms with van der Waals surface area (Å²) in [5, 5.41) is 12.2. The summed E-state index contributed by atoms with van der Waals surface area (Å²) in [6.07, 6.45) is 1.40. The van der Waals surface area contributed by atoms with Crippen molar-refractivity contribution in [3.63, 3.8) is 0 Å².